The van der Waals surface area contributed by atoms with Crippen LogP contribution in [0.25, 0.3) is 0 Å². The van der Waals surface area contributed by atoms with Gasteiger partial charge in [0.25, 0.3) is 0 Å². The highest BCUT2D eigenvalue weighted by Crippen LogP contribution is 2.52. The summed E-state index contributed by atoms with van der Waals surface area (Å²) in [6, 6.07) is 10.4. The molecule has 0 aromatic heterocycles. The minimum Gasteiger partial charge on any atom is -0.322 e. The van der Waals surface area contributed by atoms with Gasteiger partial charge in [-0.05, 0) is 26.7 Å². The Balaban J connectivity index is 2.09. The lowest BCUT2D eigenvalue weighted by molar-refractivity contribution is 0.254. The fourth-order valence-corrected chi connectivity index (χ4v) is 3.44. The first-order valence-electron chi connectivity index (χ1n) is 5.08. The fraction of sp³-hybridized carbons (Fsp3) is 0.455. The zero-order valence-electron chi connectivity index (χ0n) is 9.42. The normalized spacial score (nSPS) is 27.5. The molecule has 1 aromatic rings. The Kier molecular flexibility index (Phi) is 3.37. The molecule has 1 aromatic carbocycles. The van der Waals surface area contributed by atoms with Gasteiger partial charge >= 0.3 is 0 Å². The first-order valence-corrected chi connectivity index (χ1v) is 6.25. The van der Waals surface area contributed by atoms with Crippen LogP contribution < -0.4 is 0 Å². The standard InChI is InChI=1S/C11H17N2OP/c1-12(2)15-13(3)9-11(14-15)10-7-5-4-6-8-10/h4-8,11H,9H2,1-3H3. The third kappa shape index (κ3) is 2.37. The van der Waals surface area contributed by atoms with Crippen LogP contribution in [0, 0.1) is 0 Å². The molecule has 1 aliphatic rings. The van der Waals surface area contributed by atoms with Gasteiger partial charge in [-0.1, -0.05) is 30.3 Å². The molecule has 2 unspecified atom stereocenters. The molecule has 0 aliphatic carbocycles. The van der Waals surface area contributed by atoms with Crippen molar-refractivity contribution < 1.29 is 4.52 Å². The van der Waals surface area contributed by atoms with E-state index >= 15 is 0 Å². The summed E-state index contributed by atoms with van der Waals surface area (Å²) in [5, 5.41) is 0. The van der Waals surface area contributed by atoms with E-state index in [0.29, 0.717) is 0 Å². The first-order chi connectivity index (χ1) is 7.18. The van der Waals surface area contributed by atoms with Gasteiger partial charge in [0, 0.05) is 6.54 Å². The molecule has 2 atom stereocenters. The molecule has 82 valence electrons. The van der Waals surface area contributed by atoms with E-state index in [4.69, 9.17) is 4.52 Å². The van der Waals surface area contributed by atoms with Crippen molar-refractivity contribution in [3.8, 4) is 0 Å². The van der Waals surface area contributed by atoms with Crippen LogP contribution in [0.3, 0.4) is 0 Å². The lowest BCUT2D eigenvalue weighted by atomic mass is 10.1. The van der Waals surface area contributed by atoms with E-state index in [1.165, 1.54) is 5.56 Å². The molecule has 0 radical (unpaired) electrons. The monoisotopic (exact) mass is 224 g/mol. The van der Waals surface area contributed by atoms with E-state index in [2.05, 4.69) is 54.7 Å². The highest BCUT2D eigenvalue weighted by molar-refractivity contribution is 7.47. The van der Waals surface area contributed by atoms with Crippen LogP contribution in [-0.4, -0.2) is 37.0 Å². The maximum absolute atomic E-state index is 6.04. The van der Waals surface area contributed by atoms with Crippen LogP contribution >= 0.6 is 8.45 Å². The molecule has 15 heavy (non-hydrogen) atoms. The molecule has 1 aliphatic heterocycles. The number of benzene rings is 1. The van der Waals surface area contributed by atoms with Gasteiger partial charge in [0.2, 0.25) is 0 Å². The smallest absolute Gasteiger partial charge is 0.187 e. The quantitative estimate of drug-likeness (QED) is 0.718. The zero-order valence-corrected chi connectivity index (χ0v) is 10.3. The number of nitrogens with zero attached hydrogens (tertiary/aromatic N) is 2. The Morgan fingerprint density at radius 1 is 1.33 bits per heavy atom. The summed E-state index contributed by atoms with van der Waals surface area (Å²) in [5.41, 5.74) is 1.27. The Hall–Kier alpha value is -0.470. The van der Waals surface area contributed by atoms with E-state index in [1.807, 2.05) is 6.07 Å². The highest BCUT2D eigenvalue weighted by atomic mass is 31.2. The van der Waals surface area contributed by atoms with E-state index in [0.717, 1.165) is 6.54 Å². The second-order valence-electron chi connectivity index (χ2n) is 3.94. The summed E-state index contributed by atoms with van der Waals surface area (Å²) in [6.07, 6.45) is 0.227. The van der Waals surface area contributed by atoms with Crippen molar-refractivity contribution in [3.05, 3.63) is 35.9 Å². The summed E-state index contributed by atoms with van der Waals surface area (Å²) in [5.74, 6) is 0. The summed E-state index contributed by atoms with van der Waals surface area (Å²) >= 11 is 0. The minimum atomic E-state index is -0.562. The minimum absolute atomic E-state index is 0.227. The topological polar surface area (TPSA) is 15.7 Å². The van der Waals surface area contributed by atoms with Gasteiger partial charge in [0.05, 0.1) is 0 Å². The lowest BCUT2D eigenvalue weighted by Gasteiger charge is -2.22. The van der Waals surface area contributed by atoms with E-state index in [1.54, 1.807) is 0 Å². The average Bonchev–Trinajstić information content (AvgIpc) is 2.62. The van der Waals surface area contributed by atoms with Gasteiger partial charge in [-0.25, -0.2) is 4.67 Å². The van der Waals surface area contributed by atoms with Crippen molar-refractivity contribution in [1.29, 1.82) is 0 Å². The molecule has 0 spiro atoms. The Morgan fingerprint density at radius 3 is 2.53 bits per heavy atom. The molecular weight excluding hydrogens is 207 g/mol. The van der Waals surface area contributed by atoms with Crippen molar-refractivity contribution in [2.75, 3.05) is 27.7 Å². The maximum Gasteiger partial charge on any atom is 0.187 e. The number of hydrogen-bond donors (Lipinski definition) is 0. The van der Waals surface area contributed by atoms with E-state index in [-0.39, 0.29) is 6.10 Å². The molecule has 0 saturated carbocycles. The van der Waals surface area contributed by atoms with Crippen LogP contribution in [0.15, 0.2) is 30.3 Å². The molecule has 1 heterocycles. The highest BCUT2D eigenvalue weighted by Gasteiger charge is 2.33. The Bertz CT molecular complexity index is 318. The van der Waals surface area contributed by atoms with Crippen molar-refractivity contribution in [1.82, 2.24) is 9.34 Å². The molecule has 1 fully saturated rings. The van der Waals surface area contributed by atoms with Gasteiger partial charge in [0.15, 0.2) is 8.45 Å². The fourth-order valence-electron chi connectivity index (χ4n) is 1.77. The SMILES string of the molecule is CN(C)P1OC(c2ccccc2)CN1C. The lowest BCUT2D eigenvalue weighted by Crippen LogP contribution is -2.15. The van der Waals surface area contributed by atoms with Crippen molar-refractivity contribution in [2.45, 2.75) is 6.10 Å². The van der Waals surface area contributed by atoms with E-state index < -0.39 is 8.45 Å². The molecule has 2 rings (SSSR count). The molecule has 3 nitrogen and oxygen atoms in total. The van der Waals surface area contributed by atoms with Gasteiger partial charge < -0.3 is 4.52 Å². The second-order valence-corrected chi connectivity index (χ2v) is 6.14. The predicted molar refractivity (Wildman–Crippen MR) is 63.5 cm³/mol. The largest absolute Gasteiger partial charge is 0.322 e. The molecule has 1 saturated heterocycles. The molecule has 0 amide bonds. The molecule has 0 N–H and O–H groups in total. The predicted octanol–water partition coefficient (Wildman–Crippen LogP) is 2.48. The number of rotatable bonds is 2. The molecule has 0 bridgehead atoms. The molecule has 4 heteroatoms. The van der Waals surface area contributed by atoms with Crippen LogP contribution in [0.1, 0.15) is 11.7 Å². The Labute approximate surface area is 92.6 Å². The summed E-state index contributed by atoms with van der Waals surface area (Å²) in [4.78, 5) is 0. The third-order valence-electron chi connectivity index (χ3n) is 2.46. The van der Waals surface area contributed by atoms with Gasteiger partial charge in [-0.2, -0.15) is 0 Å². The summed E-state index contributed by atoms with van der Waals surface area (Å²) < 4.78 is 10.5. The summed E-state index contributed by atoms with van der Waals surface area (Å²) in [6.45, 7) is 0.980. The first kappa shape index (κ1) is 11.0. The van der Waals surface area contributed by atoms with Crippen LogP contribution in [0.2, 0.25) is 0 Å². The summed E-state index contributed by atoms with van der Waals surface area (Å²) in [7, 11) is 5.69. The van der Waals surface area contributed by atoms with Crippen molar-refractivity contribution in [3.63, 3.8) is 0 Å². The average molecular weight is 224 g/mol. The van der Waals surface area contributed by atoms with Gasteiger partial charge in [0.1, 0.15) is 6.10 Å². The third-order valence-corrected chi connectivity index (χ3v) is 4.33. The molecular formula is C11H17N2OP. The second kappa shape index (κ2) is 4.58. The van der Waals surface area contributed by atoms with Gasteiger partial charge in [-0.15, -0.1) is 0 Å². The van der Waals surface area contributed by atoms with Crippen LogP contribution in [-0.2, 0) is 4.52 Å². The van der Waals surface area contributed by atoms with Crippen molar-refractivity contribution in [2.24, 2.45) is 0 Å². The van der Waals surface area contributed by atoms with E-state index in [9.17, 15) is 0 Å². The Morgan fingerprint density at radius 2 is 2.00 bits per heavy atom. The van der Waals surface area contributed by atoms with Crippen molar-refractivity contribution >= 4 is 8.45 Å². The number of likely N-dealkylation sites (N-methyl/N-ethyl adjacent to an activating group) is 1. The van der Waals surface area contributed by atoms with Gasteiger partial charge in [-0.3, -0.25) is 4.67 Å². The zero-order chi connectivity index (χ0) is 10.8. The van der Waals surface area contributed by atoms with Crippen LogP contribution in [0.5, 0.6) is 0 Å². The maximum atomic E-state index is 6.04. The van der Waals surface area contributed by atoms with Crippen LogP contribution in [0.4, 0.5) is 0 Å². The number of hydrogen-bond acceptors (Lipinski definition) is 3.